The molecule has 0 fully saturated rings. The molecule has 0 aliphatic rings. The van der Waals surface area contributed by atoms with Gasteiger partial charge in [-0.15, -0.1) is 0 Å². The summed E-state index contributed by atoms with van der Waals surface area (Å²) in [6.07, 6.45) is 6.61. The molecule has 2 heteroatoms. The van der Waals surface area contributed by atoms with Gasteiger partial charge in [-0.3, -0.25) is 0 Å². The van der Waals surface area contributed by atoms with Gasteiger partial charge >= 0.3 is 0 Å². The summed E-state index contributed by atoms with van der Waals surface area (Å²) < 4.78 is 0. The Labute approximate surface area is 109 Å². The van der Waals surface area contributed by atoms with E-state index in [2.05, 4.69) is 60.7 Å². The van der Waals surface area contributed by atoms with E-state index in [1.165, 1.54) is 28.5 Å². The Hall–Kier alpha value is -1.54. The van der Waals surface area contributed by atoms with E-state index in [0.717, 1.165) is 19.5 Å². The second-order valence-corrected chi connectivity index (χ2v) is 4.77. The van der Waals surface area contributed by atoms with Gasteiger partial charge in [-0.05, 0) is 44.9 Å². The van der Waals surface area contributed by atoms with Crippen LogP contribution in [0.3, 0.4) is 0 Å². The number of hydrogen-bond donors (Lipinski definition) is 2. The molecule has 2 rings (SSSR count). The largest absolute Gasteiger partial charge is 0.361 e. The van der Waals surface area contributed by atoms with Crippen LogP contribution in [-0.4, -0.2) is 18.1 Å². The predicted molar refractivity (Wildman–Crippen MR) is 78.9 cm³/mol. The number of aromatic nitrogens is 1. The number of H-pyrrole nitrogens is 1. The molecule has 2 nitrogen and oxygen atoms in total. The van der Waals surface area contributed by atoms with Crippen molar-refractivity contribution in [2.45, 2.75) is 26.7 Å². The number of nitrogens with one attached hydrogen (secondary N) is 2. The molecule has 0 radical (unpaired) electrons. The zero-order valence-electron chi connectivity index (χ0n) is 11.3. The lowest BCUT2D eigenvalue weighted by molar-refractivity contribution is 0.682. The smallest absolute Gasteiger partial charge is 0.0456 e. The topological polar surface area (TPSA) is 27.8 Å². The summed E-state index contributed by atoms with van der Waals surface area (Å²) in [6, 6.07) is 8.50. The van der Waals surface area contributed by atoms with E-state index in [4.69, 9.17) is 0 Å². The van der Waals surface area contributed by atoms with Crippen molar-refractivity contribution in [3.63, 3.8) is 0 Å². The molecule has 1 aromatic carbocycles. The number of fused-ring (bicyclic) bond motifs is 1. The Morgan fingerprint density at radius 2 is 2.17 bits per heavy atom. The number of aryl methyl sites for hydroxylation is 1. The van der Waals surface area contributed by atoms with Gasteiger partial charge in [0.05, 0.1) is 0 Å². The molecule has 0 atom stereocenters. The van der Waals surface area contributed by atoms with E-state index in [-0.39, 0.29) is 0 Å². The maximum Gasteiger partial charge on any atom is 0.0456 e. The molecule has 0 spiro atoms. The fourth-order valence-corrected chi connectivity index (χ4v) is 2.13. The first-order valence-electron chi connectivity index (χ1n) is 6.68. The molecule has 18 heavy (non-hydrogen) atoms. The van der Waals surface area contributed by atoms with Gasteiger partial charge in [0.1, 0.15) is 0 Å². The average molecular weight is 242 g/mol. The number of rotatable bonds is 6. The van der Waals surface area contributed by atoms with E-state index in [9.17, 15) is 0 Å². The summed E-state index contributed by atoms with van der Waals surface area (Å²) in [5.41, 5.74) is 4.07. The minimum absolute atomic E-state index is 1.00. The molecule has 0 aliphatic carbocycles. The lowest BCUT2D eigenvalue weighted by Crippen LogP contribution is -2.17. The molecule has 0 saturated carbocycles. The van der Waals surface area contributed by atoms with Crippen LogP contribution in [0.4, 0.5) is 0 Å². The van der Waals surface area contributed by atoms with Gasteiger partial charge in [0.25, 0.3) is 0 Å². The molecule has 1 heterocycles. The molecular formula is C16H22N2. The van der Waals surface area contributed by atoms with Gasteiger partial charge < -0.3 is 10.3 Å². The maximum absolute atomic E-state index is 3.47. The van der Waals surface area contributed by atoms with Crippen LogP contribution in [0.1, 0.15) is 25.8 Å². The zero-order valence-corrected chi connectivity index (χ0v) is 11.3. The number of allylic oxidation sites excluding steroid dienone is 1. The molecule has 2 N–H and O–H groups in total. The Kier molecular flexibility index (Phi) is 4.59. The van der Waals surface area contributed by atoms with Gasteiger partial charge in [-0.25, -0.2) is 0 Å². The third-order valence-corrected chi connectivity index (χ3v) is 3.37. The van der Waals surface area contributed by atoms with Crippen LogP contribution in [0.25, 0.3) is 10.9 Å². The van der Waals surface area contributed by atoms with Crippen LogP contribution in [-0.2, 0) is 6.42 Å². The normalized spacial score (nSPS) is 12.2. The number of benzene rings is 1. The third-order valence-electron chi connectivity index (χ3n) is 3.37. The molecule has 0 saturated heterocycles. The lowest BCUT2D eigenvalue weighted by atomic mass is 10.1. The fraction of sp³-hybridized carbons (Fsp3) is 0.375. The highest BCUT2D eigenvalue weighted by molar-refractivity contribution is 5.82. The first-order valence-corrected chi connectivity index (χ1v) is 6.68. The van der Waals surface area contributed by atoms with Crippen molar-refractivity contribution < 1.29 is 0 Å². The summed E-state index contributed by atoms with van der Waals surface area (Å²) in [6.45, 7) is 6.32. The summed E-state index contributed by atoms with van der Waals surface area (Å²) in [4.78, 5) is 3.33. The number of hydrogen-bond acceptors (Lipinski definition) is 1. The van der Waals surface area contributed by atoms with Crippen LogP contribution in [0.2, 0.25) is 0 Å². The Morgan fingerprint density at radius 1 is 1.33 bits per heavy atom. The number of aromatic amines is 1. The van der Waals surface area contributed by atoms with Crippen molar-refractivity contribution in [3.8, 4) is 0 Å². The summed E-state index contributed by atoms with van der Waals surface area (Å²) >= 11 is 0. The third kappa shape index (κ3) is 3.23. The number of para-hydroxylation sites is 1. The fourth-order valence-electron chi connectivity index (χ4n) is 2.13. The average Bonchev–Trinajstić information content (AvgIpc) is 2.81. The Bertz CT molecular complexity index is 523. The van der Waals surface area contributed by atoms with Crippen LogP contribution in [0.15, 0.2) is 42.1 Å². The van der Waals surface area contributed by atoms with Gasteiger partial charge in [0.2, 0.25) is 0 Å². The highest BCUT2D eigenvalue weighted by atomic mass is 14.8. The molecule has 0 bridgehead atoms. The lowest BCUT2D eigenvalue weighted by Gasteiger charge is -2.04. The van der Waals surface area contributed by atoms with Gasteiger partial charge in [-0.2, -0.15) is 0 Å². The monoisotopic (exact) mass is 242 g/mol. The van der Waals surface area contributed by atoms with Gasteiger partial charge in [0, 0.05) is 23.6 Å². The maximum atomic E-state index is 3.47. The highest BCUT2D eigenvalue weighted by Gasteiger charge is 2.01. The molecule has 2 aromatic rings. The van der Waals surface area contributed by atoms with E-state index in [0.29, 0.717) is 0 Å². The van der Waals surface area contributed by atoms with Crippen molar-refractivity contribution in [3.05, 3.63) is 47.7 Å². The highest BCUT2D eigenvalue weighted by Crippen LogP contribution is 2.18. The molecule has 0 aliphatic heterocycles. The van der Waals surface area contributed by atoms with Crippen molar-refractivity contribution in [1.29, 1.82) is 0 Å². The minimum atomic E-state index is 1.00. The van der Waals surface area contributed by atoms with Crippen molar-refractivity contribution in [1.82, 2.24) is 10.3 Å². The molecule has 96 valence electrons. The van der Waals surface area contributed by atoms with E-state index >= 15 is 0 Å². The second-order valence-electron chi connectivity index (χ2n) is 4.77. The molecule has 0 unspecified atom stereocenters. The van der Waals surface area contributed by atoms with E-state index < -0.39 is 0 Å². The first-order chi connectivity index (χ1) is 8.81. The standard InChI is InChI=1S/C16H22N2/c1-3-13(2)11-17-10-6-7-14-12-18-16-9-5-4-8-15(14)16/h3-5,8-9,12,17-18H,6-7,10-11H2,1-2H3/b13-3+. The SMILES string of the molecule is C/C=C(\C)CNCCCc1c[nH]c2ccccc12. The molecule has 1 aromatic heterocycles. The Balaban J connectivity index is 1.80. The second kappa shape index (κ2) is 6.41. The van der Waals surface area contributed by atoms with Crippen LogP contribution >= 0.6 is 0 Å². The van der Waals surface area contributed by atoms with Crippen molar-refractivity contribution in [2.75, 3.05) is 13.1 Å². The minimum Gasteiger partial charge on any atom is -0.361 e. The van der Waals surface area contributed by atoms with Gasteiger partial charge in [0.15, 0.2) is 0 Å². The van der Waals surface area contributed by atoms with Crippen LogP contribution in [0, 0.1) is 0 Å². The van der Waals surface area contributed by atoms with Crippen LogP contribution in [0.5, 0.6) is 0 Å². The van der Waals surface area contributed by atoms with Crippen molar-refractivity contribution >= 4 is 10.9 Å². The first kappa shape index (κ1) is 12.9. The summed E-state index contributed by atoms with van der Waals surface area (Å²) in [5.74, 6) is 0. The summed E-state index contributed by atoms with van der Waals surface area (Å²) in [7, 11) is 0. The van der Waals surface area contributed by atoms with Crippen LogP contribution < -0.4 is 5.32 Å². The van der Waals surface area contributed by atoms with Crippen molar-refractivity contribution in [2.24, 2.45) is 0 Å². The quantitative estimate of drug-likeness (QED) is 0.587. The predicted octanol–water partition coefficient (Wildman–Crippen LogP) is 3.66. The van der Waals surface area contributed by atoms with Gasteiger partial charge in [-0.1, -0.05) is 29.8 Å². The Morgan fingerprint density at radius 3 is 3.00 bits per heavy atom. The summed E-state index contributed by atoms with van der Waals surface area (Å²) in [5, 5.41) is 4.83. The van der Waals surface area contributed by atoms with E-state index in [1.807, 2.05) is 0 Å². The molecule has 0 amide bonds. The molecular weight excluding hydrogens is 220 g/mol. The zero-order chi connectivity index (χ0) is 12.8. The van der Waals surface area contributed by atoms with E-state index in [1.54, 1.807) is 0 Å².